The number of aromatic carboxylic acids is 1. The molecule has 0 unspecified atom stereocenters. The molecule has 2 N–H and O–H groups in total. The number of morpholine rings is 1. The molecule has 0 saturated carbocycles. The van der Waals surface area contributed by atoms with Crippen LogP contribution in [0.2, 0.25) is 0 Å². The number of nitrogens with zero attached hydrogens (tertiary/aromatic N) is 2. The molecule has 1 fully saturated rings. The number of benzene rings is 1. The first-order valence-electron chi connectivity index (χ1n) is 7.97. The molecule has 25 heavy (non-hydrogen) atoms. The number of amides is 1. The van der Waals surface area contributed by atoms with Crippen molar-refractivity contribution in [1.29, 1.82) is 0 Å². The van der Waals surface area contributed by atoms with Gasteiger partial charge >= 0.3 is 5.97 Å². The van der Waals surface area contributed by atoms with Crippen LogP contribution in [0.15, 0.2) is 29.6 Å². The van der Waals surface area contributed by atoms with E-state index in [0.717, 1.165) is 43.4 Å². The summed E-state index contributed by atoms with van der Waals surface area (Å²) in [6.45, 7) is 4.30. The predicted molar refractivity (Wildman–Crippen MR) is 92.8 cm³/mol. The highest BCUT2D eigenvalue weighted by molar-refractivity contribution is 7.09. The van der Waals surface area contributed by atoms with E-state index in [4.69, 9.17) is 9.84 Å². The summed E-state index contributed by atoms with van der Waals surface area (Å²) in [6, 6.07) is 6.42. The lowest BCUT2D eigenvalue weighted by molar-refractivity contribution is 0.0341. The molecular weight excluding hydrogens is 342 g/mol. The third-order valence-electron chi connectivity index (χ3n) is 3.90. The molecular formula is C17H19N3O4S. The summed E-state index contributed by atoms with van der Waals surface area (Å²) in [5, 5.41) is 14.4. The van der Waals surface area contributed by atoms with Gasteiger partial charge in [-0.25, -0.2) is 9.78 Å². The summed E-state index contributed by atoms with van der Waals surface area (Å²) in [4.78, 5) is 29.7. The number of rotatable bonds is 6. The Balaban J connectivity index is 1.52. The van der Waals surface area contributed by atoms with Crippen molar-refractivity contribution in [1.82, 2.24) is 15.2 Å². The quantitative estimate of drug-likeness (QED) is 0.812. The first-order chi connectivity index (χ1) is 12.1. The van der Waals surface area contributed by atoms with Crippen LogP contribution in [0.25, 0.3) is 0 Å². The van der Waals surface area contributed by atoms with E-state index in [1.165, 1.54) is 23.5 Å². The molecule has 2 aromatic rings. The monoisotopic (exact) mass is 361 g/mol. The first kappa shape index (κ1) is 17.5. The Morgan fingerprint density at radius 2 is 1.96 bits per heavy atom. The highest BCUT2D eigenvalue weighted by atomic mass is 32.1. The number of aromatic nitrogens is 1. The van der Waals surface area contributed by atoms with E-state index in [-0.39, 0.29) is 11.5 Å². The first-order valence-corrected chi connectivity index (χ1v) is 8.85. The molecule has 1 aliphatic heterocycles. The smallest absolute Gasteiger partial charge is 0.335 e. The van der Waals surface area contributed by atoms with Crippen molar-refractivity contribution < 1.29 is 19.4 Å². The lowest BCUT2D eigenvalue weighted by atomic mass is 10.1. The zero-order valence-electron chi connectivity index (χ0n) is 13.6. The van der Waals surface area contributed by atoms with Crippen molar-refractivity contribution >= 4 is 23.2 Å². The van der Waals surface area contributed by atoms with Gasteiger partial charge in [0, 0.05) is 25.0 Å². The molecule has 0 bridgehead atoms. The van der Waals surface area contributed by atoms with Crippen molar-refractivity contribution in [2.45, 2.75) is 13.1 Å². The number of nitrogens with one attached hydrogen (secondary N) is 1. The van der Waals surface area contributed by atoms with Gasteiger partial charge in [-0.15, -0.1) is 11.3 Å². The number of carboxylic acid groups (broad SMARTS) is 1. The lowest BCUT2D eigenvalue weighted by Gasteiger charge is -2.25. The van der Waals surface area contributed by atoms with E-state index >= 15 is 0 Å². The Kier molecular flexibility index (Phi) is 5.75. The Hall–Kier alpha value is -2.29. The van der Waals surface area contributed by atoms with E-state index < -0.39 is 5.97 Å². The fourth-order valence-electron chi connectivity index (χ4n) is 2.48. The van der Waals surface area contributed by atoms with Crippen molar-refractivity contribution in [2.24, 2.45) is 0 Å². The van der Waals surface area contributed by atoms with Gasteiger partial charge in [-0.05, 0) is 17.7 Å². The minimum atomic E-state index is -0.967. The van der Waals surface area contributed by atoms with Gasteiger partial charge < -0.3 is 15.2 Å². The van der Waals surface area contributed by atoms with Crippen LogP contribution in [0.5, 0.6) is 0 Å². The molecule has 8 heteroatoms. The summed E-state index contributed by atoms with van der Waals surface area (Å²) >= 11 is 1.48. The van der Waals surface area contributed by atoms with E-state index in [2.05, 4.69) is 15.2 Å². The molecule has 1 aromatic carbocycles. The number of carboxylic acids is 1. The second-order valence-electron chi connectivity index (χ2n) is 5.70. The standard InChI is InChI=1S/C17H19N3O4S/c21-16(18-9-12-1-3-13(4-2-12)17(22)23)14-11-25-15(19-14)10-20-5-7-24-8-6-20/h1-4,11H,5-10H2,(H,18,21)(H,22,23). The van der Waals surface area contributed by atoms with Gasteiger partial charge in [-0.3, -0.25) is 9.69 Å². The number of ether oxygens (including phenoxy) is 1. The number of carbonyl (C=O) groups excluding carboxylic acids is 1. The summed E-state index contributed by atoms with van der Waals surface area (Å²) in [5.41, 5.74) is 1.47. The van der Waals surface area contributed by atoms with Crippen LogP contribution in [0.4, 0.5) is 0 Å². The summed E-state index contributed by atoms with van der Waals surface area (Å²) in [6.07, 6.45) is 0. The van der Waals surface area contributed by atoms with Crippen LogP contribution in [0.1, 0.15) is 31.4 Å². The molecule has 3 rings (SSSR count). The van der Waals surface area contributed by atoms with Gasteiger partial charge in [-0.1, -0.05) is 12.1 Å². The Morgan fingerprint density at radius 1 is 1.24 bits per heavy atom. The molecule has 132 valence electrons. The van der Waals surface area contributed by atoms with Crippen LogP contribution in [-0.4, -0.2) is 53.2 Å². The maximum Gasteiger partial charge on any atom is 0.335 e. The topological polar surface area (TPSA) is 91.8 Å². The molecule has 0 aliphatic carbocycles. The van der Waals surface area contributed by atoms with E-state index in [9.17, 15) is 9.59 Å². The van der Waals surface area contributed by atoms with Crippen molar-refractivity contribution in [3.8, 4) is 0 Å². The van der Waals surface area contributed by atoms with Crippen molar-refractivity contribution in [3.63, 3.8) is 0 Å². The summed E-state index contributed by atoms with van der Waals surface area (Å²) in [7, 11) is 0. The van der Waals surface area contributed by atoms with Crippen LogP contribution >= 0.6 is 11.3 Å². The molecule has 0 radical (unpaired) electrons. The molecule has 0 atom stereocenters. The Morgan fingerprint density at radius 3 is 2.64 bits per heavy atom. The zero-order valence-corrected chi connectivity index (χ0v) is 14.4. The van der Waals surface area contributed by atoms with Crippen LogP contribution in [-0.2, 0) is 17.8 Å². The van der Waals surface area contributed by atoms with Gasteiger partial charge in [0.15, 0.2) is 0 Å². The predicted octanol–water partition coefficient (Wildman–Crippen LogP) is 1.60. The number of hydrogen-bond acceptors (Lipinski definition) is 6. The summed E-state index contributed by atoms with van der Waals surface area (Å²) in [5.74, 6) is -1.20. The zero-order chi connectivity index (χ0) is 17.6. The van der Waals surface area contributed by atoms with Crippen molar-refractivity contribution in [3.05, 3.63) is 51.5 Å². The summed E-state index contributed by atoms with van der Waals surface area (Å²) < 4.78 is 5.32. The van der Waals surface area contributed by atoms with Crippen LogP contribution in [0, 0.1) is 0 Å². The average Bonchev–Trinajstić information content (AvgIpc) is 3.09. The molecule has 1 amide bonds. The second kappa shape index (κ2) is 8.19. The molecule has 1 saturated heterocycles. The molecule has 7 nitrogen and oxygen atoms in total. The van der Waals surface area contributed by atoms with E-state index in [0.29, 0.717) is 12.2 Å². The van der Waals surface area contributed by atoms with Gasteiger partial charge in [0.25, 0.3) is 5.91 Å². The minimum absolute atomic E-state index is 0.224. The van der Waals surface area contributed by atoms with Gasteiger partial charge in [0.2, 0.25) is 0 Å². The average molecular weight is 361 g/mol. The van der Waals surface area contributed by atoms with Gasteiger partial charge in [0.05, 0.1) is 25.3 Å². The fraction of sp³-hybridized carbons (Fsp3) is 0.353. The normalized spacial score (nSPS) is 15.0. The van der Waals surface area contributed by atoms with Crippen LogP contribution in [0.3, 0.4) is 0 Å². The highest BCUT2D eigenvalue weighted by Gasteiger charge is 2.15. The lowest BCUT2D eigenvalue weighted by Crippen LogP contribution is -2.35. The van der Waals surface area contributed by atoms with Crippen molar-refractivity contribution in [2.75, 3.05) is 26.3 Å². The molecule has 0 spiro atoms. The molecule has 1 aromatic heterocycles. The largest absolute Gasteiger partial charge is 0.478 e. The molecule has 1 aliphatic rings. The second-order valence-corrected chi connectivity index (χ2v) is 6.64. The Bertz CT molecular complexity index is 739. The van der Waals surface area contributed by atoms with E-state index in [1.807, 2.05) is 0 Å². The van der Waals surface area contributed by atoms with Crippen LogP contribution < -0.4 is 5.32 Å². The highest BCUT2D eigenvalue weighted by Crippen LogP contribution is 2.14. The number of carbonyl (C=O) groups is 2. The third-order valence-corrected chi connectivity index (χ3v) is 4.73. The maximum atomic E-state index is 12.2. The maximum absolute atomic E-state index is 12.2. The van der Waals surface area contributed by atoms with Gasteiger partial charge in [-0.2, -0.15) is 0 Å². The fourth-order valence-corrected chi connectivity index (χ4v) is 3.29. The third kappa shape index (κ3) is 4.85. The van der Waals surface area contributed by atoms with Gasteiger partial charge in [0.1, 0.15) is 10.7 Å². The minimum Gasteiger partial charge on any atom is -0.478 e. The SMILES string of the molecule is O=C(O)c1ccc(CNC(=O)c2csc(CN3CCOCC3)n2)cc1. The van der Waals surface area contributed by atoms with E-state index in [1.54, 1.807) is 17.5 Å². The number of thiazole rings is 1. The molecule has 2 heterocycles. The number of hydrogen-bond donors (Lipinski definition) is 2. The Labute approximate surface area is 149 Å².